The molecule has 0 unspecified atom stereocenters. The normalized spacial score (nSPS) is 11.4. The lowest BCUT2D eigenvalue weighted by Gasteiger charge is -2.13. The van der Waals surface area contributed by atoms with Gasteiger partial charge in [0.1, 0.15) is 11.3 Å². The molecule has 0 atom stereocenters. The van der Waals surface area contributed by atoms with Gasteiger partial charge in [-0.2, -0.15) is 0 Å². The molecule has 0 saturated carbocycles. The molecule has 29 heavy (non-hydrogen) atoms. The van der Waals surface area contributed by atoms with Crippen LogP contribution < -0.4 is 9.47 Å². The monoisotopic (exact) mass is 414 g/mol. The first-order valence-corrected chi connectivity index (χ1v) is 7.82. The SMILES string of the molecule is COc1c(C(=O)C=Cc2c(F)c(F)c(F)c(F)c2F)c(O)c(OC)c2occc12. The molecule has 0 fully saturated rings. The number of carbonyl (C=O) groups excluding carboxylic acids is 1. The molecule has 0 aliphatic heterocycles. The van der Waals surface area contributed by atoms with Gasteiger partial charge < -0.3 is 19.0 Å². The number of carbonyl (C=O) groups is 1. The third-order valence-electron chi connectivity index (χ3n) is 4.09. The van der Waals surface area contributed by atoms with E-state index in [-0.39, 0.29) is 22.5 Å². The molecule has 0 aliphatic rings. The molecule has 2 aromatic carbocycles. The van der Waals surface area contributed by atoms with Gasteiger partial charge in [0.05, 0.1) is 31.4 Å². The van der Waals surface area contributed by atoms with Crippen molar-refractivity contribution in [2.24, 2.45) is 0 Å². The molecule has 1 heterocycles. The summed E-state index contributed by atoms with van der Waals surface area (Å²) < 4.78 is 82.6. The number of fused-ring (bicyclic) bond motifs is 1. The van der Waals surface area contributed by atoms with Crippen molar-refractivity contribution in [1.29, 1.82) is 0 Å². The summed E-state index contributed by atoms with van der Waals surface area (Å²) in [5.41, 5.74) is -1.70. The van der Waals surface area contributed by atoms with Gasteiger partial charge in [0.25, 0.3) is 0 Å². The van der Waals surface area contributed by atoms with E-state index in [1.807, 2.05) is 0 Å². The van der Waals surface area contributed by atoms with Crippen molar-refractivity contribution in [3.63, 3.8) is 0 Å². The van der Waals surface area contributed by atoms with E-state index in [2.05, 4.69) is 0 Å². The van der Waals surface area contributed by atoms with Crippen LogP contribution in [-0.4, -0.2) is 25.1 Å². The first-order valence-electron chi connectivity index (χ1n) is 7.82. The lowest BCUT2D eigenvalue weighted by Crippen LogP contribution is -2.05. The minimum absolute atomic E-state index is 0.0714. The number of ketones is 1. The Morgan fingerprint density at radius 2 is 1.52 bits per heavy atom. The van der Waals surface area contributed by atoms with E-state index < -0.39 is 51.7 Å². The zero-order valence-electron chi connectivity index (χ0n) is 14.8. The van der Waals surface area contributed by atoms with Gasteiger partial charge in [0.2, 0.25) is 11.6 Å². The van der Waals surface area contributed by atoms with Crippen molar-refractivity contribution in [3.05, 3.63) is 58.6 Å². The van der Waals surface area contributed by atoms with Crippen LogP contribution in [0.25, 0.3) is 17.0 Å². The van der Waals surface area contributed by atoms with E-state index in [1.54, 1.807) is 0 Å². The van der Waals surface area contributed by atoms with E-state index in [0.717, 1.165) is 0 Å². The molecule has 1 N–H and O–H groups in total. The van der Waals surface area contributed by atoms with Crippen LogP contribution in [0.5, 0.6) is 17.2 Å². The minimum atomic E-state index is -2.32. The number of allylic oxidation sites excluding steroid dienone is 1. The smallest absolute Gasteiger partial charge is 0.205 e. The van der Waals surface area contributed by atoms with Crippen LogP contribution in [0, 0.1) is 29.1 Å². The number of hydrogen-bond acceptors (Lipinski definition) is 5. The van der Waals surface area contributed by atoms with Crippen LogP contribution in [0.2, 0.25) is 0 Å². The predicted molar refractivity (Wildman–Crippen MR) is 90.6 cm³/mol. The summed E-state index contributed by atoms with van der Waals surface area (Å²) >= 11 is 0. The summed E-state index contributed by atoms with van der Waals surface area (Å²) in [6.45, 7) is 0. The number of aromatic hydroxyl groups is 1. The Morgan fingerprint density at radius 3 is 2.07 bits per heavy atom. The zero-order chi connectivity index (χ0) is 21.5. The molecule has 0 spiro atoms. The number of furan rings is 1. The summed E-state index contributed by atoms with van der Waals surface area (Å²) in [7, 11) is 2.39. The summed E-state index contributed by atoms with van der Waals surface area (Å²) in [5.74, 6) is -12.9. The summed E-state index contributed by atoms with van der Waals surface area (Å²) in [6, 6.07) is 1.42. The van der Waals surface area contributed by atoms with Gasteiger partial charge in [-0.05, 0) is 18.2 Å². The van der Waals surface area contributed by atoms with Crippen LogP contribution in [0.4, 0.5) is 22.0 Å². The van der Waals surface area contributed by atoms with E-state index >= 15 is 0 Å². The van der Waals surface area contributed by atoms with Gasteiger partial charge in [-0.15, -0.1) is 0 Å². The molecular weight excluding hydrogens is 403 g/mol. The first kappa shape index (κ1) is 20.2. The highest BCUT2D eigenvalue weighted by atomic mass is 19.2. The maximum absolute atomic E-state index is 13.8. The molecule has 0 radical (unpaired) electrons. The van der Waals surface area contributed by atoms with Crippen molar-refractivity contribution in [2.45, 2.75) is 0 Å². The van der Waals surface area contributed by atoms with Gasteiger partial charge in [-0.25, -0.2) is 22.0 Å². The Balaban J connectivity index is 2.16. The van der Waals surface area contributed by atoms with Crippen molar-refractivity contribution >= 4 is 22.8 Å². The van der Waals surface area contributed by atoms with E-state index in [9.17, 15) is 31.9 Å². The molecule has 0 aliphatic carbocycles. The molecule has 0 bridgehead atoms. The number of benzene rings is 2. The van der Waals surface area contributed by atoms with Gasteiger partial charge in [-0.1, -0.05) is 0 Å². The van der Waals surface area contributed by atoms with E-state index in [1.165, 1.54) is 26.5 Å². The molecule has 3 rings (SSSR count). The van der Waals surface area contributed by atoms with Crippen LogP contribution >= 0.6 is 0 Å². The highest BCUT2D eigenvalue weighted by Gasteiger charge is 2.27. The van der Waals surface area contributed by atoms with Crippen LogP contribution in [-0.2, 0) is 0 Å². The largest absolute Gasteiger partial charge is 0.504 e. The van der Waals surface area contributed by atoms with Crippen LogP contribution in [0.1, 0.15) is 15.9 Å². The quantitative estimate of drug-likeness (QED) is 0.215. The Bertz CT molecular complexity index is 1140. The molecular formula is C19H11F5O5. The maximum Gasteiger partial charge on any atom is 0.205 e. The molecule has 1 aromatic heterocycles. The zero-order valence-corrected chi connectivity index (χ0v) is 14.8. The van der Waals surface area contributed by atoms with Crippen molar-refractivity contribution in [1.82, 2.24) is 0 Å². The Kier molecular flexibility index (Phi) is 5.19. The number of phenolic OH excluding ortho intramolecular Hbond substituents is 1. The summed E-state index contributed by atoms with van der Waals surface area (Å²) in [5, 5.41) is 10.6. The lowest BCUT2D eigenvalue weighted by atomic mass is 10.0. The second kappa shape index (κ2) is 7.46. The molecule has 0 saturated heterocycles. The Hall–Kier alpha value is -3.56. The maximum atomic E-state index is 13.8. The van der Waals surface area contributed by atoms with Gasteiger partial charge in [0.15, 0.2) is 40.4 Å². The molecule has 152 valence electrons. The molecule has 5 nitrogen and oxygen atoms in total. The fourth-order valence-corrected chi connectivity index (χ4v) is 2.77. The average Bonchev–Trinajstić information content (AvgIpc) is 3.18. The molecule has 10 heteroatoms. The topological polar surface area (TPSA) is 68.9 Å². The molecule has 3 aromatic rings. The second-order valence-electron chi connectivity index (χ2n) is 5.63. The third-order valence-corrected chi connectivity index (χ3v) is 4.09. The van der Waals surface area contributed by atoms with Crippen molar-refractivity contribution < 1.29 is 45.7 Å². The Morgan fingerprint density at radius 1 is 0.966 bits per heavy atom. The number of phenols is 1. The summed E-state index contributed by atoms with van der Waals surface area (Å²) in [4.78, 5) is 12.6. The van der Waals surface area contributed by atoms with Gasteiger partial charge in [0, 0.05) is 0 Å². The fraction of sp³-hybridized carbons (Fsp3) is 0.105. The van der Waals surface area contributed by atoms with Crippen molar-refractivity contribution in [2.75, 3.05) is 14.2 Å². The minimum Gasteiger partial charge on any atom is -0.504 e. The predicted octanol–water partition coefficient (Wildman–Crippen LogP) is 4.75. The highest BCUT2D eigenvalue weighted by Crippen LogP contribution is 2.45. The summed E-state index contributed by atoms with van der Waals surface area (Å²) in [6.07, 6.45) is 2.18. The number of methoxy groups -OCH3 is 2. The van der Waals surface area contributed by atoms with Gasteiger partial charge in [-0.3, -0.25) is 4.79 Å². The highest BCUT2D eigenvalue weighted by molar-refractivity contribution is 6.15. The van der Waals surface area contributed by atoms with Crippen molar-refractivity contribution in [3.8, 4) is 17.2 Å². The van der Waals surface area contributed by atoms with Crippen LogP contribution in [0.3, 0.4) is 0 Å². The third kappa shape index (κ3) is 3.06. The average molecular weight is 414 g/mol. The standard InChI is InChI=1S/C19H11F5O5/c1-27-17-8-5-6-29-18(8)19(28-2)16(26)10(17)9(25)4-3-7-11(20)13(22)15(24)14(23)12(7)21/h3-6,26H,1-2H3. The van der Waals surface area contributed by atoms with E-state index in [4.69, 9.17) is 13.9 Å². The molecule has 0 amide bonds. The fourth-order valence-electron chi connectivity index (χ4n) is 2.77. The van der Waals surface area contributed by atoms with Gasteiger partial charge >= 0.3 is 0 Å². The first-order chi connectivity index (χ1) is 13.7. The number of halogens is 5. The van der Waals surface area contributed by atoms with E-state index in [0.29, 0.717) is 12.2 Å². The lowest BCUT2D eigenvalue weighted by molar-refractivity contribution is 0.104. The number of ether oxygens (including phenoxy) is 2. The second-order valence-corrected chi connectivity index (χ2v) is 5.63. The Labute approximate surface area is 159 Å². The number of rotatable bonds is 5. The number of hydrogen-bond donors (Lipinski definition) is 1. The van der Waals surface area contributed by atoms with Crippen LogP contribution in [0.15, 0.2) is 22.8 Å².